The van der Waals surface area contributed by atoms with E-state index in [4.69, 9.17) is 17.3 Å². The Hall–Kier alpha value is -1.40. The Kier molecular flexibility index (Phi) is 4.68. The van der Waals surface area contributed by atoms with Crippen molar-refractivity contribution in [2.24, 2.45) is 17.3 Å². The molecule has 7 heteroatoms. The summed E-state index contributed by atoms with van der Waals surface area (Å²) in [6.07, 6.45) is 2.52. The minimum absolute atomic E-state index is 0.0137. The van der Waals surface area contributed by atoms with E-state index in [1.807, 2.05) is 0 Å². The number of carbonyl (C=O) groups excluding carboxylic acids is 1. The zero-order valence-corrected chi connectivity index (χ0v) is 13.0. The predicted octanol–water partition coefficient (Wildman–Crippen LogP) is 1.98. The van der Waals surface area contributed by atoms with Gasteiger partial charge in [0.1, 0.15) is 11.0 Å². The zero-order chi connectivity index (χ0) is 15.6. The number of nitrogen functional groups attached to an aromatic ring is 1. The fraction of sp³-hybridized carbons (Fsp3) is 0.643. The van der Waals surface area contributed by atoms with Crippen molar-refractivity contribution in [1.29, 1.82) is 0 Å². The fourth-order valence-corrected chi connectivity index (χ4v) is 3.04. The van der Waals surface area contributed by atoms with Gasteiger partial charge in [0.05, 0.1) is 12.2 Å². The van der Waals surface area contributed by atoms with Crippen LogP contribution in [0.3, 0.4) is 0 Å². The molecule has 1 aromatic rings. The molecule has 21 heavy (non-hydrogen) atoms. The maximum atomic E-state index is 11.1. The number of aliphatic hydroxyl groups is 1. The molecule has 6 nitrogen and oxygen atoms in total. The van der Waals surface area contributed by atoms with E-state index in [0.29, 0.717) is 30.5 Å². The second-order valence-electron chi connectivity index (χ2n) is 6.18. The summed E-state index contributed by atoms with van der Waals surface area (Å²) >= 11 is 5.88. The molecule has 1 saturated carbocycles. The number of hydrogen-bond donors (Lipinski definition) is 3. The van der Waals surface area contributed by atoms with Gasteiger partial charge < -0.3 is 16.2 Å². The van der Waals surface area contributed by atoms with E-state index in [-0.39, 0.29) is 28.7 Å². The minimum atomic E-state index is -0.165. The lowest BCUT2D eigenvalue weighted by Crippen LogP contribution is -2.47. The third kappa shape index (κ3) is 3.27. The number of carbonyl (C=O) groups is 1. The minimum Gasteiger partial charge on any atom is -0.396 e. The predicted molar refractivity (Wildman–Crippen MR) is 82.4 cm³/mol. The van der Waals surface area contributed by atoms with E-state index in [0.717, 1.165) is 12.8 Å². The average molecular weight is 313 g/mol. The molecular weight excluding hydrogens is 292 g/mol. The van der Waals surface area contributed by atoms with Crippen molar-refractivity contribution in [3.05, 3.63) is 10.7 Å². The van der Waals surface area contributed by atoms with Gasteiger partial charge in [-0.3, -0.25) is 4.79 Å². The SMILES string of the molecule is CC(C)C1CC(CO)(CNc2nc(N)nc(Cl)c2C=O)C1. The largest absolute Gasteiger partial charge is 0.396 e. The lowest BCUT2D eigenvalue weighted by atomic mass is 9.59. The summed E-state index contributed by atoms with van der Waals surface area (Å²) in [6, 6.07) is 0. The van der Waals surface area contributed by atoms with Crippen LogP contribution in [0.15, 0.2) is 0 Å². The average Bonchev–Trinajstić information content (AvgIpc) is 2.37. The van der Waals surface area contributed by atoms with Crippen LogP contribution in [0.25, 0.3) is 0 Å². The highest BCUT2D eigenvalue weighted by atomic mass is 35.5. The number of nitrogens with zero attached hydrogens (tertiary/aromatic N) is 2. The molecule has 1 aliphatic rings. The molecule has 0 aliphatic heterocycles. The number of hydrogen-bond acceptors (Lipinski definition) is 6. The van der Waals surface area contributed by atoms with Crippen LogP contribution < -0.4 is 11.1 Å². The summed E-state index contributed by atoms with van der Waals surface area (Å²) in [4.78, 5) is 18.8. The van der Waals surface area contributed by atoms with Gasteiger partial charge in [0.15, 0.2) is 6.29 Å². The number of aldehydes is 1. The molecule has 0 bridgehead atoms. The van der Waals surface area contributed by atoms with Crippen LogP contribution in [0, 0.1) is 17.3 Å². The second kappa shape index (κ2) is 6.15. The van der Waals surface area contributed by atoms with E-state index < -0.39 is 0 Å². The second-order valence-corrected chi connectivity index (χ2v) is 6.53. The van der Waals surface area contributed by atoms with Crippen LogP contribution in [0.5, 0.6) is 0 Å². The van der Waals surface area contributed by atoms with Gasteiger partial charge in [-0.05, 0) is 24.7 Å². The molecule has 116 valence electrons. The van der Waals surface area contributed by atoms with Gasteiger partial charge >= 0.3 is 0 Å². The maximum absolute atomic E-state index is 11.1. The third-order valence-corrected chi connectivity index (χ3v) is 4.62. The van der Waals surface area contributed by atoms with E-state index in [1.165, 1.54) is 0 Å². The van der Waals surface area contributed by atoms with Crippen LogP contribution in [0.1, 0.15) is 37.0 Å². The van der Waals surface area contributed by atoms with E-state index in [9.17, 15) is 9.90 Å². The first-order valence-corrected chi connectivity index (χ1v) is 7.41. The van der Waals surface area contributed by atoms with Gasteiger partial charge in [0.2, 0.25) is 5.95 Å². The molecule has 1 fully saturated rings. The molecule has 0 spiro atoms. The van der Waals surface area contributed by atoms with E-state index in [1.54, 1.807) is 0 Å². The molecule has 1 aromatic heterocycles. The normalized spacial score (nSPS) is 24.7. The summed E-state index contributed by atoms with van der Waals surface area (Å²) in [7, 11) is 0. The van der Waals surface area contributed by atoms with Gasteiger partial charge in [-0.1, -0.05) is 25.4 Å². The van der Waals surface area contributed by atoms with Crippen LogP contribution in [0.4, 0.5) is 11.8 Å². The molecule has 4 N–H and O–H groups in total. The highest BCUT2D eigenvalue weighted by molar-refractivity contribution is 6.32. The van der Waals surface area contributed by atoms with Gasteiger partial charge in [-0.2, -0.15) is 4.98 Å². The number of halogens is 1. The maximum Gasteiger partial charge on any atom is 0.223 e. The lowest BCUT2D eigenvalue weighted by Gasteiger charge is -2.48. The number of aliphatic hydroxyl groups excluding tert-OH is 1. The summed E-state index contributed by atoms with van der Waals surface area (Å²) in [5.41, 5.74) is 5.58. The van der Waals surface area contributed by atoms with Crippen molar-refractivity contribution in [2.45, 2.75) is 26.7 Å². The van der Waals surface area contributed by atoms with Crippen LogP contribution in [-0.4, -0.2) is 34.5 Å². The number of rotatable bonds is 6. The van der Waals surface area contributed by atoms with Crippen molar-refractivity contribution in [1.82, 2.24) is 9.97 Å². The van der Waals surface area contributed by atoms with Crippen LogP contribution >= 0.6 is 11.6 Å². The Morgan fingerprint density at radius 2 is 2.19 bits per heavy atom. The summed E-state index contributed by atoms with van der Waals surface area (Å²) < 4.78 is 0. The zero-order valence-electron chi connectivity index (χ0n) is 12.3. The van der Waals surface area contributed by atoms with Crippen LogP contribution in [0.2, 0.25) is 5.15 Å². The van der Waals surface area contributed by atoms with E-state index in [2.05, 4.69) is 29.1 Å². The highest BCUT2D eigenvalue weighted by Crippen LogP contribution is 2.48. The highest BCUT2D eigenvalue weighted by Gasteiger charge is 2.44. The molecular formula is C14H21ClN4O2. The van der Waals surface area contributed by atoms with Crippen molar-refractivity contribution in [3.8, 4) is 0 Å². The molecule has 0 radical (unpaired) electrons. The number of nitrogens with two attached hydrogens (primary N) is 1. The van der Waals surface area contributed by atoms with Crippen molar-refractivity contribution >= 4 is 29.7 Å². The molecule has 0 unspecified atom stereocenters. The Labute approximate surface area is 129 Å². The Balaban J connectivity index is 2.08. The summed E-state index contributed by atoms with van der Waals surface area (Å²) in [5, 5.41) is 12.8. The molecule has 0 saturated heterocycles. The summed E-state index contributed by atoms with van der Waals surface area (Å²) in [5.74, 6) is 1.58. The smallest absolute Gasteiger partial charge is 0.223 e. The van der Waals surface area contributed by atoms with Crippen LogP contribution in [-0.2, 0) is 0 Å². The molecule has 0 atom stereocenters. The topological polar surface area (TPSA) is 101 Å². The lowest BCUT2D eigenvalue weighted by molar-refractivity contribution is -0.0134. The Bertz CT molecular complexity index is 530. The molecule has 1 aliphatic carbocycles. The van der Waals surface area contributed by atoms with E-state index >= 15 is 0 Å². The first kappa shape index (κ1) is 16.0. The third-order valence-electron chi connectivity index (χ3n) is 4.33. The van der Waals surface area contributed by atoms with Crippen molar-refractivity contribution < 1.29 is 9.90 Å². The van der Waals surface area contributed by atoms with Crippen molar-refractivity contribution in [3.63, 3.8) is 0 Å². The van der Waals surface area contributed by atoms with Gasteiger partial charge in [-0.25, -0.2) is 4.98 Å². The first-order valence-electron chi connectivity index (χ1n) is 7.03. The van der Waals surface area contributed by atoms with Gasteiger partial charge in [-0.15, -0.1) is 0 Å². The standard InChI is InChI=1S/C14H21ClN4O2/c1-8(2)9-3-14(4-9,7-21)6-17-12-10(5-20)11(15)18-13(16)19-12/h5,8-9,21H,3-4,6-7H2,1-2H3,(H3,16,17,18,19). The summed E-state index contributed by atoms with van der Waals surface area (Å²) in [6.45, 7) is 5.01. The number of aromatic nitrogens is 2. The van der Waals surface area contributed by atoms with Gasteiger partial charge in [0.25, 0.3) is 0 Å². The molecule has 1 heterocycles. The fourth-order valence-electron chi connectivity index (χ4n) is 2.82. The Morgan fingerprint density at radius 3 is 2.71 bits per heavy atom. The monoisotopic (exact) mass is 312 g/mol. The van der Waals surface area contributed by atoms with Gasteiger partial charge in [0, 0.05) is 12.0 Å². The quantitative estimate of drug-likeness (QED) is 0.548. The first-order chi connectivity index (χ1) is 9.90. The molecule has 0 aromatic carbocycles. The number of anilines is 2. The Morgan fingerprint density at radius 1 is 1.52 bits per heavy atom. The van der Waals surface area contributed by atoms with Crippen molar-refractivity contribution in [2.75, 3.05) is 24.2 Å². The number of nitrogens with one attached hydrogen (secondary N) is 1. The molecule has 0 amide bonds. The molecule has 2 rings (SSSR count).